The maximum Gasteiger partial charge on any atom is 0.226 e. The standard InChI is InChI=1S/C18H26N2O3/c1-22-14-7-8-15(17(11-14)23-2)16-4-3-9-20(16)18(21)12-5-6-13(19)10-12/h7-8,11-13,16H,3-6,9-10,19H2,1-2H3. The summed E-state index contributed by atoms with van der Waals surface area (Å²) in [4.78, 5) is 14.9. The molecule has 2 N–H and O–H groups in total. The zero-order chi connectivity index (χ0) is 16.4. The van der Waals surface area contributed by atoms with E-state index in [9.17, 15) is 4.79 Å². The summed E-state index contributed by atoms with van der Waals surface area (Å²) in [7, 11) is 3.30. The predicted molar refractivity (Wildman–Crippen MR) is 88.6 cm³/mol. The van der Waals surface area contributed by atoms with Gasteiger partial charge in [0.25, 0.3) is 0 Å². The summed E-state index contributed by atoms with van der Waals surface area (Å²) in [5.74, 6) is 1.91. The Balaban J connectivity index is 1.82. The van der Waals surface area contributed by atoms with Gasteiger partial charge in [0.05, 0.1) is 20.3 Å². The Hall–Kier alpha value is -1.75. The minimum Gasteiger partial charge on any atom is -0.497 e. The second kappa shape index (κ2) is 6.79. The monoisotopic (exact) mass is 318 g/mol. The summed E-state index contributed by atoms with van der Waals surface area (Å²) in [5, 5.41) is 0. The van der Waals surface area contributed by atoms with E-state index in [1.54, 1.807) is 14.2 Å². The van der Waals surface area contributed by atoms with Gasteiger partial charge in [-0.15, -0.1) is 0 Å². The van der Waals surface area contributed by atoms with Gasteiger partial charge in [0.1, 0.15) is 11.5 Å². The Morgan fingerprint density at radius 1 is 1.22 bits per heavy atom. The minimum atomic E-state index is 0.0924. The first-order valence-corrected chi connectivity index (χ1v) is 8.42. The van der Waals surface area contributed by atoms with Gasteiger partial charge in [0.2, 0.25) is 5.91 Å². The number of rotatable bonds is 4. The van der Waals surface area contributed by atoms with Crippen LogP contribution in [0.2, 0.25) is 0 Å². The Morgan fingerprint density at radius 3 is 2.70 bits per heavy atom. The normalized spacial score (nSPS) is 27.3. The largest absolute Gasteiger partial charge is 0.497 e. The molecule has 2 aliphatic rings. The number of methoxy groups -OCH3 is 2. The number of nitrogens with zero attached hydrogens (tertiary/aromatic N) is 1. The summed E-state index contributed by atoms with van der Waals surface area (Å²) in [6, 6.07) is 6.13. The average Bonchev–Trinajstić information content (AvgIpc) is 3.22. The molecule has 3 unspecified atom stereocenters. The maximum absolute atomic E-state index is 12.9. The Labute approximate surface area is 137 Å². The second-order valence-electron chi connectivity index (χ2n) is 6.57. The van der Waals surface area contributed by atoms with E-state index < -0.39 is 0 Å². The number of benzene rings is 1. The van der Waals surface area contributed by atoms with Crippen molar-refractivity contribution in [3.05, 3.63) is 23.8 Å². The number of carbonyl (C=O) groups excluding carboxylic acids is 1. The third-order valence-corrected chi connectivity index (χ3v) is 5.16. The van der Waals surface area contributed by atoms with E-state index in [4.69, 9.17) is 15.2 Å². The third kappa shape index (κ3) is 3.15. The van der Waals surface area contributed by atoms with E-state index in [0.29, 0.717) is 0 Å². The summed E-state index contributed by atoms with van der Waals surface area (Å²) in [6.07, 6.45) is 4.71. The molecule has 1 aromatic rings. The van der Waals surface area contributed by atoms with Crippen molar-refractivity contribution >= 4 is 5.91 Å². The van der Waals surface area contributed by atoms with Crippen molar-refractivity contribution in [3.8, 4) is 11.5 Å². The molecule has 23 heavy (non-hydrogen) atoms. The van der Waals surface area contributed by atoms with E-state index in [1.807, 2.05) is 23.1 Å². The van der Waals surface area contributed by atoms with Crippen LogP contribution in [0, 0.1) is 5.92 Å². The zero-order valence-corrected chi connectivity index (χ0v) is 14.0. The van der Waals surface area contributed by atoms with Gasteiger partial charge in [0, 0.05) is 30.1 Å². The summed E-state index contributed by atoms with van der Waals surface area (Å²) in [6.45, 7) is 0.824. The van der Waals surface area contributed by atoms with Crippen LogP contribution in [0.5, 0.6) is 11.5 Å². The first-order valence-electron chi connectivity index (χ1n) is 8.42. The number of amides is 1. The lowest BCUT2D eigenvalue weighted by atomic mass is 10.0. The van der Waals surface area contributed by atoms with Crippen LogP contribution in [0.3, 0.4) is 0 Å². The first kappa shape index (κ1) is 16.1. The Bertz CT molecular complexity index is 575. The summed E-state index contributed by atoms with van der Waals surface area (Å²) in [5.41, 5.74) is 7.05. The number of hydrogen-bond donors (Lipinski definition) is 1. The number of likely N-dealkylation sites (tertiary alicyclic amines) is 1. The van der Waals surface area contributed by atoms with Crippen molar-refractivity contribution in [3.63, 3.8) is 0 Å². The second-order valence-corrected chi connectivity index (χ2v) is 6.57. The molecule has 1 aromatic carbocycles. The molecule has 1 aliphatic heterocycles. The highest BCUT2D eigenvalue weighted by Crippen LogP contribution is 2.40. The van der Waals surface area contributed by atoms with Crippen molar-refractivity contribution in [2.45, 2.75) is 44.2 Å². The van der Waals surface area contributed by atoms with Crippen LogP contribution >= 0.6 is 0 Å². The van der Waals surface area contributed by atoms with Gasteiger partial charge < -0.3 is 20.1 Å². The van der Waals surface area contributed by atoms with Crippen molar-refractivity contribution in [2.24, 2.45) is 11.7 Å². The predicted octanol–water partition coefficient (Wildman–Crippen LogP) is 2.49. The molecule has 1 aliphatic carbocycles. The molecule has 5 heteroatoms. The smallest absolute Gasteiger partial charge is 0.226 e. The average molecular weight is 318 g/mol. The maximum atomic E-state index is 12.9. The molecule has 0 spiro atoms. The molecule has 0 bridgehead atoms. The summed E-state index contributed by atoms with van der Waals surface area (Å²) >= 11 is 0. The molecule has 1 saturated carbocycles. The minimum absolute atomic E-state index is 0.0924. The topological polar surface area (TPSA) is 64.8 Å². The molecule has 2 fully saturated rings. The van der Waals surface area contributed by atoms with Crippen molar-refractivity contribution < 1.29 is 14.3 Å². The van der Waals surface area contributed by atoms with Crippen LogP contribution in [0.4, 0.5) is 0 Å². The Morgan fingerprint density at radius 2 is 2.04 bits per heavy atom. The molecular weight excluding hydrogens is 292 g/mol. The van der Waals surface area contributed by atoms with Gasteiger partial charge in [-0.1, -0.05) is 0 Å². The molecule has 3 atom stereocenters. The number of ether oxygens (including phenoxy) is 2. The van der Waals surface area contributed by atoms with Crippen molar-refractivity contribution in [2.75, 3.05) is 20.8 Å². The Kier molecular flexibility index (Phi) is 4.76. The highest BCUT2D eigenvalue weighted by molar-refractivity contribution is 5.80. The van der Waals surface area contributed by atoms with Crippen LogP contribution in [0.15, 0.2) is 18.2 Å². The van der Waals surface area contributed by atoms with Crippen LogP contribution in [0.25, 0.3) is 0 Å². The summed E-state index contributed by atoms with van der Waals surface area (Å²) < 4.78 is 10.8. The lowest BCUT2D eigenvalue weighted by Crippen LogP contribution is -2.35. The van der Waals surface area contributed by atoms with Crippen LogP contribution < -0.4 is 15.2 Å². The quantitative estimate of drug-likeness (QED) is 0.926. The fraction of sp³-hybridized carbons (Fsp3) is 0.611. The molecule has 1 amide bonds. The molecule has 0 aromatic heterocycles. The van der Waals surface area contributed by atoms with Gasteiger partial charge in [0.15, 0.2) is 0 Å². The number of carbonyl (C=O) groups is 1. The number of nitrogens with two attached hydrogens (primary N) is 1. The lowest BCUT2D eigenvalue weighted by Gasteiger charge is -2.29. The van der Waals surface area contributed by atoms with Crippen molar-refractivity contribution in [1.82, 2.24) is 4.90 Å². The molecule has 1 heterocycles. The highest BCUT2D eigenvalue weighted by Gasteiger charge is 2.37. The molecule has 0 radical (unpaired) electrons. The van der Waals surface area contributed by atoms with Crippen LogP contribution in [0.1, 0.15) is 43.7 Å². The van der Waals surface area contributed by atoms with Gasteiger partial charge in [-0.2, -0.15) is 0 Å². The van der Waals surface area contributed by atoms with Gasteiger partial charge >= 0.3 is 0 Å². The molecule has 126 valence electrons. The fourth-order valence-corrected chi connectivity index (χ4v) is 3.92. The van der Waals surface area contributed by atoms with Crippen LogP contribution in [-0.2, 0) is 4.79 Å². The van der Waals surface area contributed by atoms with Gasteiger partial charge in [-0.25, -0.2) is 0 Å². The van der Waals surface area contributed by atoms with E-state index >= 15 is 0 Å². The van der Waals surface area contributed by atoms with Gasteiger partial charge in [-0.3, -0.25) is 4.79 Å². The zero-order valence-electron chi connectivity index (χ0n) is 14.0. The fourth-order valence-electron chi connectivity index (χ4n) is 3.92. The van der Waals surface area contributed by atoms with E-state index in [2.05, 4.69) is 0 Å². The molecule has 1 saturated heterocycles. The lowest BCUT2D eigenvalue weighted by molar-refractivity contribution is -0.136. The van der Waals surface area contributed by atoms with E-state index in [0.717, 1.165) is 55.7 Å². The SMILES string of the molecule is COc1ccc(C2CCCN2C(=O)C2CCC(N)C2)c(OC)c1. The van der Waals surface area contributed by atoms with E-state index in [1.165, 1.54) is 0 Å². The highest BCUT2D eigenvalue weighted by atomic mass is 16.5. The third-order valence-electron chi connectivity index (χ3n) is 5.16. The van der Waals surface area contributed by atoms with E-state index in [-0.39, 0.29) is 23.9 Å². The van der Waals surface area contributed by atoms with Gasteiger partial charge in [-0.05, 0) is 44.2 Å². The van der Waals surface area contributed by atoms with Crippen molar-refractivity contribution in [1.29, 1.82) is 0 Å². The first-order chi connectivity index (χ1) is 11.1. The molecule has 5 nitrogen and oxygen atoms in total. The molecule has 3 rings (SSSR count). The number of hydrogen-bond acceptors (Lipinski definition) is 4. The van der Waals surface area contributed by atoms with Crippen LogP contribution in [-0.4, -0.2) is 37.6 Å². The molecular formula is C18H26N2O3.